The van der Waals surface area contributed by atoms with Crippen molar-refractivity contribution in [3.05, 3.63) is 166 Å². The van der Waals surface area contributed by atoms with Gasteiger partial charge < -0.3 is 10.6 Å². The van der Waals surface area contributed by atoms with E-state index < -0.39 is 0 Å². The van der Waals surface area contributed by atoms with Crippen molar-refractivity contribution in [2.24, 2.45) is 0 Å². The number of aryl methyl sites for hydroxylation is 1. The molecule has 43 heavy (non-hydrogen) atoms. The lowest BCUT2D eigenvalue weighted by atomic mass is 9.89. The third kappa shape index (κ3) is 6.34. The number of hydrogen-bond acceptors (Lipinski definition) is 3. The maximum absolute atomic E-state index is 3.83. The molecule has 0 aromatic heterocycles. The van der Waals surface area contributed by atoms with E-state index in [1.807, 2.05) is 32.7 Å². The quantitative estimate of drug-likeness (QED) is 0.216. The van der Waals surface area contributed by atoms with Gasteiger partial charge in [-0.05, 0) is 70.1 Å². The van der Waals surface area contributed by atoms with Gasteiger partial charge >= 0.3 is 0 Å². The predicted octanol–water partition coefficient (Wildman–Crippen LogP) is 10.1. The molecule has 1 heterocycles. The Hall–Kier alpha value is -4.05. The Balaban J connectivity index is 0.000000164. The zero-order valence-electron chi connectivity index (χ0n) is 25.3. The lowest BCUT2D eigenvalue weighted by Crippen LogP contribution is -2.15. The van der Waals surface area contributed by atoms with Gasteiger partial charge in [-0.1, -0.05) is 147 Å². The normalized spacial score (nSPS) is 17.8. The van der Waals surface area contributed by atoms with Gasteiger partial charge in [-0.2, -0.15) is 0 Å². The summed E-state index contributed by atoms with van der Waals surface area (Å²) in [4.78, 5) is 1.51. The van der Waals surface area contributed by atoms with Gasteiger partial charge in [-0.15, -0.1) is 0 Å². The number of fused-ring (bicyclic) bond motifs is 4. The highest BCUT2D eigenvalue weighted by Gasteiger charge is 2.31. The molecule has 0 amide bonds. The Morgan fingerprint density at radius 1 is 0.744 bits per heavy atom. The fourth-order valence-corrected chi connectivity index (χ4v) is 7.33. The Morgan fingerprint density at radius 2 is 1.42 bits per heavy atom. The van der Waals surface area contributed by atoms with E-state index in [-0.39, 0.29) is 0 Å². The van der Waals surface area contributed by atoms with Crippen molar-refractivity contribution in [3.8, 4) is 0 Å². The van der Waals surface area contributed by atoms with E-state index in [2.05, 4.69) is 138 Å². The lowest BCUT2D eigenvalue weighted by Gasteiger charge is -2.21. The maximum atomic E-state index is 3.83. The molecule has 0 spiro atoms. The van der Waals surface area contributed by atoms with Crippen LogP contribution in [0.3, 0.4) is 0 Å². The van der Waals surface area contributed by atoms with Crippen molar-refractivity contribution in [1.29, 1.82) is 0 Å². The zero-order valence-corrected chi connectivity index (χ0v) is 26.1. The molecule has 0 saturated heterocycles. The van der Waals surface area contributed by atoms with Gasteiger partial charge in [0.2, 0.25) is 0 Å². The zero-order chi connectivity index (χ0) is 29.6. The molecular formula is C40H40N2S. The van der Waals surface area contributed by atoms with E-state index in [9.17, 15) is 0 Å². The molecule has 216 valence electrons. The lowest BCUT2D eigenvalue weighted by molar-refractivity contribution is 0.819. The second kappa shape index (κ2) is 13.5. The Kier molecular flexibility index (Phi) is 9.12. The number of benzene rings is 5. The molecule has 2 atom stereocenters. The Morgan fingerprint density at radius 3 is 2.12 bits per heavy atom. The first-order chi connectivity index (χ1) is 21.3. The molecule has 1 aliphatic heterocycles. The average molecular weight is 581 g/mol. The third-order valence-corrected chi connectivity index (χ3v) is 9.50. The highest BCUT2D eigenvalue weighted by atomic mass is 32.2. The molecule has 2 nitrogen and oxygen atoms in total. The molecule has 5 aromatic rings. The van der Waals surface area contributed by atoms with E-state index in [1.165, 1.54) is 60.3 Å². The molecule has 2 N–H and O–H groups in total. The summed E-state index contributed by atoms with van der Waals surface area (Å²) in [5, 5.41) is 10.1. The fraction of sp³-hybridized carbons (Fsp3) is 0.200. The highest BCUT2D eigenvalue weighted by molar-refractivity contribution is 8.03. The summed E-state index contributed by atoms with van der Waals surface area (Å²) in [5.74, 6) is 0.550. The molecule has 5 aromatic carbocycles. The molecule has 8 rings (SSSR count). The summed E-state index contributed by atoms with van der Waals surface area (Å²) >= 11 is 1.99. The minimum absolute atomic E-state index is 0.325. The van der Waals surface area contributed by atoms with Crippen LogP contribution < -0.4 is 10.6 Å². The van der Waals surface area contributed by atoms with Crippen LogP contribution in [0.2, 0.25) is 0 Å². The topological polar surface area (TPSA) is 24.1 Å². The van der Waals surface area contributed by atoms with E-state index in [0.717, 1.165) is 19.4 Å². The molecule has 0 radical (unpaired) electrons. The summed E-state index contributed by atoms with van der Waals surface area (Å²) in [5.41, 5.74) is 11.2. The average Bonchev–Trinajstić information content (AvgIpc) is 3.77. The second-order valence-electron chi connectivity index (χ2n) is 10.9. The number of rotatable bonds is 5. The van der Waals surface area contributed by atoms with Crippen LogP contribution >= 0.6 is 11.8 Å². The van der Waals surface area contributed by atoms with Gasteiger partial charge in [0, 0.05) is 22.9 Å². The second-order valence-corrected chi connectivity index (χ2v) is 12.1. The first-order valence-electron chi connectivity index (χ1n) is 15.5. The smallest absolute Gasteiger partial charge is 0.102 e. The number of thioether (sulfide) groups is 1. The van der Waals surface area contributed by atoms with E-state index >= 15 is 0 Å². The van der Waals surface area contributed by atoms with Gasteiger partial charge in [0.05, 0.1) is 5.70 Å². The molecule has 0 bridgehead atoms. The first kappa shape index (κ1) is 29.0. The van der Waals surface area contributed by atoms with Gasteiger partial charge in [-0.25, -0.2) is 0 Å². The summed E-state index contributed by atoms with van der Waals surface area (Å²) in [6, 6.07) is 43.5. The number of nitrogens with one attached hydrogen (secondary N) is 2. The molecule has 0 fully saturated rings. The van der Waals surface area contributed by atoms with Crippen LogP contribution in [0.4, 0.5) is 0 Å². The van der Waals surface area contributed by atoms with Crippen LogP contribution in [0.15, 0.2) is 132 Å². The Labute approximate surface area is 261 Å². The molecule has 0 saturated carbocycles. The van der Waals surface area contributed by atoms with Gasteiger partial charge in [-0.3, -0.25) is 0 Å². The SMILES string of the molecule is C1=C(c2ccccc2)C1c1ccccc1.CC.CNCc1ccc2c3c(ccc2c1)CCC1=C3NC(c2ccccc2)S1. The highest BCUT2D eigenvalue weighted by Crippen LogP contribution is 2.50. The van der Waals surface area contributed by atoms with Crippen molar-refractivity contribution in [2.75, 3.05) is 7.05 Å². The van der Waals surface area contributed by atoms with Crippen molar-refractivity contribution < 1.29 is 0 Å². The summed E-state index contributed by atoms with van der Waals surface area (Å²) < 4.78 is 0. The molecule has 2 unspecified atom stereocenters. The van der Waals surface area contributed by atoms with Crippen LogP contribution in [-0.2, 0) is 13.0 Å². The van der Waals surface area contributed by atoms with Crippen molar-refractivity contribution in [1.82, 2.24) is 10.6 Å². The van der Waals surface area contributed by atoms with Gasteiger partial charge in [0.15, 0.2) is 0 Å². The number of allylic oxidation sites excluding steroid dienone is 3. The van der Waals surface area contributed by atoms with E-state index in [1.54, 1.807) is 0 Å². The van der Waals surface area contributed by atoms with Crippen molar-refractivity contribution >= 4 is 33.8 Å². The predicted molar refractivity (Wildman–Crippen MR) is 187 cm³/mol. The van der Waals surface area contributed by atoms with Crippen LogP contribution in [0.25, 0.3) is 22.0 Å². The summed E-state index contributed by atoms with van der Waals surface area (Å²) in [6.07, 6.45) is 4.61. The largest absolute Gasteiger partial charge is 0.368 e. The van der Waals surface area contributed by atoms with Crippen molar-refractivity contribution in [2.45, 2.75) is 44.5 Å². The molecule has 2 aliphatic carbocycles. The molecular weight excluding hydrogens is 541 g/mol. The van der Waals surface area contributed by atoms with Crippen LogP contribution in [0, 0.1) is 0 Å². The maximum Gasteiger partial charge on any atom is 0.102 e. The summed E-state index contributed by atoms with van der Waals surface area (Å²) in [7, 11) is 2.00. The van der Waals surface area contributed by atoms with E-state index in [0.29, 0.717) is 11.3 Å². The standard InChI is InChI=1S/C23H22N2S.C15H12.C2H6/c1-24-14-15-7-11-19-18(13-15)9-8-16-10-12-20-22(21(16)19)25-23(26-20)17-5-3-2-4-6-17;1-3-7-12(8-4-1)14-11-15(14)13-9-5-2-6-10-13;1-2/h2-9,11,13,23-25H,10,12,14H2,1H3;1-11,14H;1-2H3. The minimum Gasteiger partial charge on any atom is -0.368 e. The summed E-state index contributed by atoms with van der Waals surface area (Å²) in [6.45, 7) is 4.91. The van der Waals surface area contributed by atoms with Crippen LogP contribution in [0.5, 0.6) is 0 Å². The van der Waals surface area contributed by atoms with Gasteiger partial charge in [0.1, 0.15) is 5.37 Å². The monoisotopic (exact) mass is 580 g/mol. The first-order valence-corrected chi connectivity index (χ1v) is 16.4. The Bertz CT molecular complexity index is 1740. The minimum atomic E-state index is 0.325. The fourth-order valence-electron chi connectivity index (χ4n) is 6.08. The van der Waals surface area contributed by atoms with E-state index in [4.69, 9.17) is 0 Å². The van der Waals surface area contributed by atoms with Gasteiger partial charge in [0.25, 0.3) is 0 Å². The van der Waals surface area contributed by atoms with Crippen LogP contribution in [0.1, 0.15) is 64.9 Å². The molecule has 3 aliphatic rings. The number of hydrogen-bond donors (Lipinski definition) is 2. The van der Waals surface area contributed by atoms with Crippen molar-refractivity contribution in [3.63, 3.8) is 0 Å². The third-order valence-electron chi connectivity index (χ3n) is 8.18. The van der Waals surface area contributed by atoms with Crippen LogP contribution in [-0.4, -0.2) is 7.05 Å². The molecule has 3 heteroatoms.